The summed E-state index contributed by atoms with van der Waals surface area (Å²) < 4.78 is 38.4. The zero-order chi connectivity index (χ0) is 25.7. The number of ether oxygens (including phenoxy) is 2. The highest BCUT2D eigenvalue weighted by atomic mass is 19.1. The summed E-state index contributed by atoms with van der Waals surface area (Å²) in [4.78, 5) is 15.4. The van der Waals surface area contributed by atoms with E-state index in [1.54, 1.807) is 6.92 Å². The van der Waals surface area contributed by atoms with Crippen LogP contribution in [0.4, 0.5) is 8.78 Å². The number of hydrogen-bond donors (Lipinski definition) is 2. The van der Waals surface area contributed by atoms with Gasteiger partial charge in [-0.05, 0) is 37.5 Å². The van der Waals surface area contributed by atoms with Crippen molar-refractivity contribution >= 4 is 5.91 Å². The Labute approximate surface area is 211 Å². The minimum Gasteiger partial charge on any atom is -0.492 e. The molecule has 2 aromatic carbocycles. The first kappa shape index (κ1) is 26.3. The molecule has 9 heteroatoms. The Bertz CT molecular complexity index is 994. The minimum absolute atomic E-state index is 0.0742. The van der Waals surface area contributed by atoms with Crippen LogP contribution in [0, 0.1) is 11.6 Å². The Balaban J connectivity index is 1.19. The van der Waals surface area contributed by atoms with E-state index in [9.17, 15) is 18.7 Å². The molecule has 36 heavy (non-hydrogen) atoms. The molecule has 1 amide bonds. The minimum atomic E-state index is -0.748. The van der Waals surface area contributed by atoms with Crippen molar-refractivity contribution in [2.45, 2.75) is 57.5 Å². The van der Waals surface area contributed by atoms with Gasteiger partial charge in [-0.25, -0.2) is 8.78 Å². The molecule has 2 fully saturated rings. The highest BCUT2D eigenvalue weighted by Crippen LogP contribution is 2.23. The molecule has 2 aliphatic heterocycles. The molecular formula is C27H35F2N3O4. The topological polar surface area (TPSA) is 74.3 Å². The molecule has 0 spiro atoms. The van der Waals surface area contributed by atoms with Crippen LogP contribution in [0.2, 0.25) is 0 Å². The van der Waals surface area contributed by atoms with E-state index in [2.05, 4.69) is 12.2 Å². The van der Waals surface area contributed by atoms with Crippen LogP contribution in [0.15, 0.2) is 42.5 Å². The second-order valence-corrected chi connectivity index (χ2v) is 9.83. The average molecular weight is 504 g/mol. The van der Waals surface area contributed by atoms with Crippen molar-refractivity contribution in [2.24, 2.45) is 0 Å². The molecule has 2 aromatic rings. The van der Waals surface area contributed by atoms with E-state index in [4.69, 9.17) is 9.47 Å². The predicted molar refractivity (Wildman–Crippen MR) is 132 cm³/mol. The molecule has 196 valence electrons. The van der Waals surface area contributed by atoms with E-state index in [0.717, 1.165) is 55.4 Å². The van der Waals surface area contributed by atoms with Crippen molar-refractivity contribution in [2.75, 3.05) is 32.8 Å². The van der Waals surface area contributed by atoms with Crippen LogP contribution < -0.4 is 14.8 Å². The van der Waals surface area contributed by atoms with Crippen LogP contribution in [0.3, 0.4) is 0 Å². The lowest BCUT2D eigenvalue weighted by Gasteiger charge is -2.33. The van der Waals surface area contributed by atoms with Gasteiger partial charge >= 0.3 is 0 Å². The van der Waals surface area contributed by atoms with E-state index in [-0.39, 0.29) is 17.7 Å². The summed E-state index contributed by atoms with van der Waals surface area (Å²) in [5.41, 5.74) is 1.07. The SMILES string of the molecule is CC(=O)N1CCC(N[C@@H](C)COc2ccc(CN3C[C@H](Oc4cc(F)cc(F)c4)[C@@H](O)C3)cc2)CC1. The van der Waals surface area contributed by atoms with Crippen LogP contribution in [0.5, 0.6) is 11.5 Å². The number of β-amino-alcohol motifs (C(OH)–C–C–N with tert-alkyl or cyclic N) is 1. The quantitative estimate of drug-likeness (QED) is 0.548. The lowest BCUT2D eigenvalue weighted by atomic mass is 10.0. The molecule has 0 radical (unpaired) electrons. The van der Waals surface area contributed by atoms with Crippen LogP contribution in [0.25, 0.3) is 0 Å². The monoisotopic (exact) mass is 503 g/mol. The summed E-state index contributed by atoms with van der Waals surface area (Å²) in [6.07, 6.45) is 0.601. The number of nitrogens with one attached hydrogen (secondary N) is 1. The third-order valence-electron chi connectivity index (χ3n) is 6.73. The molecule has 0 aromatic heterocycles. The molecule has 0 unspecified atom stereocenters. The number of amides is 1. The van der Waals surface area contributed by atoms with Crippen molar-refractivity contribution in [3.63, 3.8) is 0 Å². The van der Waals surface area contributed by atoms with Gasteiger partial charge in [-0.15, -0.1) is 0 Å². The van der Waals surface area contributed by atoms with Gasteiger partial charge in [0.25, 0.3) is 0 Å². The Morgan fingerprint density at radius 2 is 1.75 bits per heavy atom. The van der Waals surface area contributed by atoms with Gasteiger partial charge < -0.3 is 24.8 Å². The fourth-order valence-corrected chi connectivity index (χ4v) is 4.83. The predicted octanol–water partition coefficient (Wildman–Crippen LogP) is 2.96. The molecule has 4 rings (SSSR count). The number of piperidine rings is 1. The van der Waals surface area contributed by atoms with Crippen molar-refractivity contribution in [3.05, 3.63) is 59.7 Å². The first-order valence-corrected chi connectivity index (χ1v) is 12.5. The molecule has 7 nitrogen and oxygen atoms in total. The lowest BCUT2D eigenvalue weighted by molar-refractivity contribution is -0.129. The number of carbonyl (C=O) groups excluding carboxylic acids is 1. The standard InChI is InChI=1S/C27H35F2N3O4/c1-18(30-23-7-9-32(10-8-23)19(2)33)17-35-24-5-3-20(4-6-24)14-31-15-26(34)27(16-31)36-25-12-21(28)11-22(29)13-25/h3-6,11-13,18,23,26-27,30,34H,7-10,14-17H2,1-2H3/t18-,26-,27-/m0/s1. The zero-order valence-corrected chi connectivity index (χ0v) is 20.8. The molecule has 0 aliphatic carbocycles. The van der Waals surface area contributed by atoms with Gasteiger partial charge in [0.05, 0.1) is 0 Å². The van der Waals surface area contributed by atoms with Gasteiger partial charge in [-0.1, -0.05) is 12.1 Å². The summed E-state index contributed by atoms with van der Waals surface area (Å²) in [6, 6.07) is 11.5. The van der Waals surface area contributed by atoms with Crippen molar-refractivity contribution in [1.29, 1.82) is 0 Å². The Morgan fingerprint density at radius 3 is 2.39 bits per heavy atom. The van der Waals surface area contributed by atoms with Crippen LogP contribution >= 0.6 is 0 Å². The molecule has 2 saturated heterocycles. The van der Waals surface area contributed by atoms with Gasteiger partial charge in [0.1, 0.15) is 41.9 Å². The number of carbonyl (C=O) groups is 1. The number of benzene rings is 2. The number of nitrogens with zero attached hydrogens (tertiary/aromatic N) is 2. The number of hydrogen-bond acceptors (Lipinski definition) is 6. The van der Waals surface area contributed by atoms with E-state index in [1.807, 2.05) is 34.1 Å². The Morgan fingerprint density at radius 1 is 1.08 bits per heavy atom. The number of rotatable bonds is 9. The third kappa shape index (κ3) is 7.38. The maximum atomic E-state index is 13.4. The first-order chi connectivity index (χ1) is 17.2. The number of halogens is 2. The fourth-order valence-electron chi connectivity index (χ4n) is 4.83. The molecular weight excluding hydrogens is 468 g/mol. The number of likely N-dealkylation sites (tertiary alicyclic amines) is 2. The molecule has 2 aliphatic rings. The summed E-state index contributed by atoms with van der Waals surface area (Å²) >= 11 is 0. The second-order valence-electron chi connectivity index (χ2n) is 9.83. The maximum absolute atomic E-state index is 13.4. The zero-order valence-electron chi connectivity index (χ0n) is 20.8. The lowest BCUT2D eigenvalue weighted by Crippen LogP contribution is -2.47. The van der Waals surface area contributed by atoms with E-state index >= 15 is 0 Å². The van der Waals surface area contributed by atoms with Gasteiger partial charge in [-0.3, -0.25) is 9.69 Å². The first-order valence-electron chi connectivity index (χ1n) is 12.5. The van der Waals surface area contributed by atoms with Gasteiger partial charge in [0.15, 0.2) is 0 Å². The molecule has 3 atom stereocenters. The summed E-state index contributed by atoms with van der Waals surface area (Å²) in [5.74, 6) is -0.420. The largest absolute Gasteiger partial charge is 0.492 e. The smallest absolute Gasteiger partial charge is 0.219 e. The Kier molecular flexibility index (Phi) is 8.77. The summed E-state index contributed by atoms with van der Waals surface area (Å²) in [5, 5.41) is 14.0. The molecule has 2 N–H and O–H groups in total. The van der Waals surface area contributed by atoms with Crippen LogP contribution in [0.1, 0.15) is 32.3 Å². The Hall–Kier alpha value is -2.75. The summed E-state index contributed by atoms with van der Waals surface area (Å²) in [6.45, 7) is 7.34. The van der Waals surface area contributed by atoms with Crippen LogP contribution in [-0.2, 0) is 11.3 Å². The van der Waals surface area contributed by atoms with E-state index in [1.165, 1.54) is 0 Å². The second kappa shape index (κ2) is 12.0. The van der Waals surface area contributed by atoms with Gasteiger partial charge in [-0.2, -0.15) is 0 Å². The van der Waals surface area contributed by atoms with E-state index < -0.39 is 23.8 Å². The molecule has 0 saturated carbocycles. The van der Waals surface area contributed by atoms with E-state index in [0.29, 0.717) is 32.3 Å². The molecule has 0 bridgehead atoms. The normalized spacial score (nSPS) is 22.0. The van der Waals surface area contributed by atoms with Crippen LogP contribution in [-0.4, -0.2) is 77.9 Å². The third-order valence-corrected chi connectivity index (χ3v) is 6.73. The average Bonchev–Trinajstić information content (AvgIpc) is 3.16. The highest BCUT2D eigenvalue weighted by Gasteiger charge is 2.33. The molecule has 2 heterocycles. The van der Waals surface area contributed by atoms with Crippen molar-refractivity contribution in [3.8, 4) is 11.5 Å². The number of aliphatic hydroxyl groups is 1. The van der Waals surface area contributed by atoms with Crippen molar-refractivity contribution < 1.29 is 28.2 Å². The highest BCUT2D eigenvalue weighted by molar-refractivity contribution is 5.73. The fraction of sp³-hybridized carbons (Fsp3) is 0.519. The maximum Gasteiger partial charge on any atom is 0.219 e. The number of aliphatic hydroxyl groups excluding tert-OH is 1. The van der Waals surface area contributed by atoms with Gasteiger partial charge in [0.2, 0.25) is 5.91 Å². The van der Waals surface area contributed by atoms with Gasteiger partial charge in [0, 0.05) is 69.9 Å². The van der Waals surface area contributed by atoms with Crippen molar-refractivity contribution in [1.82, 2.24) is 15.1 Å². The summed E-state index contributed by atoms with van der Waals surface area (Å²) in [7, 11) is 0.